The molecule has 0 saturated carbocycles. The summed E-state index contributed by atoms with van der Waals surface area (Å²) in [5.74, 6) is 0. The normalized spacial score (nSPS) is 13.4. The minimum Gasteiger partial charge on any atom is -0.317 e. The van der Waals surface area contributed by atoms with Crippen LogP contribution in [0, 0.1) is 0 Å². The molecule has 0 spiro atoms. The summed E-state index contributed by atoms with van der Waals surface area (Å²) in [6, 6.07) is 17.6. The number of carbonyl (C=O) groups is 1. The van der Waals surface area contributed by atoms with E-state index in [2.05, 4.69) is 38.5 Å². The number of para-hydroxylation sites is 1. The number of fused-ring (bicyclic) bond motifs is 1. The van der Waals surface area contributed by atoms with Crippen molar-refractivity contribution in [3.63, 3.8) is 0 Å². The van der Waals surface area contributed by atoms with Crippen LogP contribution in [0.5, 0.6) is 0 Å². The van der Waals surface area contributed by atoms with E-state index < -0.39 is 0 Å². The molecule has 25 heavy (non-hydrogen) atoms. The summed E-state index contributed by atoms with van der Waals surface area (Å²) < 4.78 is 3.02. The lowest BCUT2D eigenvalue weighted by atomic mass is 10.1. The molecule has 126 valence electrons. The van der Waals surface area contributed by atoms with Gasteiger partial charge in [-0.25, -0.2) is 4.79 Å². The molecule has 2 aromatic carbocycles. The quantitative estimate of drug-likeness (QED) is 0.699. The largest absolute Gasteiger partial charge is 0.322 e. The molecule has 2 heterocycles. The second-order valence-electron chi connectivity index (χ2n) is 5.96. The van der Waals surface area contributed by atoms with E-state index in [9.17, 15) is 4.79 Å². The van der Waals surface area contributed by atoms with Gasteiger partial charge in [0, 0.05) is 22.3 Å². The first-order chi connectivity index (χ1) is 12.2. The topological polar surface area (TPSA) is 50.2 Å². The third kappa shape index (κ3) is 3.30. The lowest BCUT2D eigenvalue weighted by molar-refractivity contribution is 0.194. The van der Waals surface area contributed by atoms with Crippen molar-refractivity contribution in [3.8, 4) is 11.1 Å². The summed E-state index contributed by atoms with van der Waals surface area (Å²) in [5, 5.41) is 7.44. The van der Waals surface area contributed by atoms with E-state index in [0.717, 1.165) is 27.0 Å². The van der Waals surface area contributed by atoms with E-state index >= 15 is 0 Å². The fourth-order valence-electron chi connectivity index (χ4n) is 3.04. The standard InChI is InChI=1S/C19H17BrN4O/c20-15-6-4-5-14(11-15)17-12-21-24-10-9-23(13-18(17)24)19(25)22-16-7-2-1-3-8-16/h1-8,11-12H,9-10,13H2,(H,22,25). The maximum Gasteiger partial charge on any atom is 0.322 e. The summed E-state index contributed by atoms with van der Waals surface area (Å²) in [6.45, 7) is 1.89. The smallest absolute Gasteiger partial charge is 0.317 e. The average molecular weight is 397 g/mol. The van der Waals surface area contributed by atoms with E-state index in [-0.39, 0.29) is 6.03 Å². The van der Waals surface area contributed by atoms with Crippen molar-refractivity contribution >= 4 is 27.6 Å². The Bertz CT molecular complexity index is 907. The van der Waals surface area contributed by atoms with Crippen LogP contribution in [-0.2, 0) is 13.1 Å². The zero-order valence-corrected chi connectivity index (χ0v) is 15.1. The molecule has 3 aromatic rings. The maximum atomic E-state index is 12.6. The number of hydrogen-bond acceptors (Lipinski definition) is 2. The van der Waals surface area contributed by atoms with Gasteiger partial charge >= 0.3 is 6.03 Å². The number of urea groups is 1. The molecule has 2 amide bonds. The number of nitrogens with zero attached hydrogens (tertiary/aromatic N) is 3. The molecular formula is C19H17BrN4O. The SMILES string of the molecule is O=C(Nc1ccccc1)N1CCn2ncc(-c3cccc(Br)c3)c2C1. The summed E-state index contributed by atoms with van der Waals surface area (Å²) in [5.41, 5.74) is 4.03. The van der Waals surface area contributed by atoms with Gasteiger partial charge in [-0.3, -0.25) is 4.68 Å². The minimum absolute atomic E-state index is 0.0844. The first kappa shape index (κ1) is 15.9. The molecule has 0 fully saturated rings. The molecule has 1 aromatic heterocycles. The number of benzene rings is 2. The third-order valence-electron chi connectivity index (χ3n) is 4.32. The number of rotatable bonds is 2. The Balaban J connectivity index is 1.56. The first-order valence-electron chi connectivity index (χ1n) is 8.12. The Kier molecular flexibility index (Phi) is 4.28. The fraction of sp³-hybridized carbons (Fsp3) is 0.158. The van der Waals surface area contributed by atoms with Gasteiger partial charge in [0.1, 0.15) is 0 Å². The van der Waals surface area contributed by atoms with Gasteiger partial charge in [-0.05, 0) is 29.8 Å². The molecule has 0 radical (unpaired) electrons. The van der Waals surface area contributed by atoms with Crippen LogP contribution in [0.3, 0.4) is 0 Å². The molecule has 0 aliphatic carbocycles. The van der Waals surface area contributed by atoms with Crippen molar-refractivity contribution in [2.24, 2.45) is 0 Å². The number of amides is 2. The predicted molar refractivity (Wildman–Crippen MR) is 101 cm³/mol. The highest BCUT2D eigenvalue weighted by Gasteiger charge is 2.24. The van der Waals surface area contributed by atoms with Gasteiger partial charge in [-0.15, -0.1) is 0 Å². The Morgan fingerprint density at radius 3 is 2.72 bits per heavy atom. The van der Waals surface area contributed by atoms with E-state index in [1.807, 2.05) is 58.2 Å². The molecule has 1 aliphatic heterocycles. The number of hydrogen-bond donors (Lipinski definition) is 1. The van der Waals surface area contributed by atoms with E-state index in [1.165, 1.54) is 0 Å². The van der Waals surface area contributed by atoms with Gasteiger partial charge in [0.2, 0.25) is 0 Å². The van der Waals surface area contributed by atoms with Gasteiger partial charge in [0.25, 0.3) is 0 Å². The number of carbonyl (C=O) groups excluding carboxylic acids is 1. The highest BCUT2D eigenvalue weighted by atomic mass is 79.9. The molecule has 5 nitrogen and oxygen atoms in total. The average Bonchev–Trinajstić information content (AvgIpc) is 3.05. The van der Waals surface area contributed by atoms with Crippen LogP contribution in [0.15, 0.2) is 65.3 Å². The van der Waals surface area contributed by atoms with Gasteiger partial charge in [-0.1, -0.05) is 46.3 Å². The maximum absolute atomic E-state index is 12.6. The van der Waals surface area contributed by atoms with Crippen LogP contribution in [0.2, 0.25) is 0 Å². The van der Waals surface area contributed by atoms with Gasteiger partial charge in [0.05, 0.1) is 25.0 Å². The highest BCUT2D eigenvalue weighted by molar-refractivity contribution is 9.10. The Labute approximate surface area is 154 Å². The van der Waals surface area contributed by atoms with Crippen LogP contribution in [0.1, 0.15) is 5.69 Å². The van der Waals surface area contributed by atoms with Crippen LogP contribution < -0.4 is 5.32 Å². The van der Waals surface area contributed by atoms with Crippen molar-refractivity contribution in [1.82, 2.24) is 14.7 Å². The molecule has 1 N–H and O–H groups in total. The molecule has 0 atom stereocenters. The number of nitrogens with one attached hydrogen (secondary N) is 1. The van der Waals surface area contributed by atoms with Crippen LogP contribution in [0.4, 0.5) is 10.5 Å². The molecular weight excluding hydrogens is 380 g/mol. The van der Waals surface area contributed by atoms with Gasteiger partial charge in [-0.2, -0.15) is 5.10 Å². The van der Waals surface area contributed by atoms with E-state index in [0.29, 0.717) is 19.6 Å². The summed E-state index contributed by atoms with van der Waals surface area (Å²) in [4.78, 5) is 14.4. The van der Waals surface area contributed by atoms with Crippen molar-refractivity contribution in [3.05, 3.63) is 71.0 Å². The van der Waals surface area contributed by atoms with Gasteiger partial charge in [0.15, 0.2) is 0 Å². The zero-order valence-electron chi connectivity index (χ0n) is 13.5. The number of halogens is 1. The van der Waals surface area contributed by atoms with E-state index in [4.69, 9.17) is 0 Å². The van der Waals surface area contributed by atoms with Crippen molar-refractivity contribution in [2.75, 3.05) is 11.9 Å². The van der Waals surface area contributed by atoms with Crippen molar-refractivity contribution in [2.45, 2.75) is 13.1 Å². The molecule has 6 heteroatoms. The lowest BCUT2D eigenvalue weighted by Crippen LogP contribution is -2.41. The summed E-state index contributed by atoms with van der Waals surface area (Å²) >= 11 is 3.51. The van der Waals surface area contributed by atoms with Crippen LogP contribution >= 0.6 is 15.9 Å². The summed E-state index contributed by atoms with van der Waals surface area (Å²) in [7, 11) is 0. The lowest BCUT2D eigenvalue weighted by Gasteiger charge is -2.28. The molecule has 1 aliphatic rings. The van der Waals surface area contributed by atoms with Crippen LogP contribution in [-0.4, -0.2) is 27.3 Å². The zero-order chi connectivity index (χ0) is 17.2. The second kappa shape index (κ2) is 6.72. The molecule has 0 saturated heterocycles. The molecule has 0 unspecified atom stereocenters. The molecule has 4 rings (SSSR count). The van der Waals surface area contributed by atoms with Crippen LogP contribution in [0.25, 0.3) is 11.1 Å². The predicted octanol–water partition coefficient (Wildman–Crippen LogP) is 4.36. The minimum atomic E-state index is -0.0844. The Morgan fingerprint density at radius 1 is 1.08 bits per heavy atom. The number of aromatic nitrogens is 2. The van der Waals surface area contributed by atoms with Crippen molar-refractivity contribution in [1.29, 1.82) is 0 Å². The Hall–Kier alpha value is -2.60. The van der Waals surface area contributed by atoms with Crippen molar-refractivity contribution < 1.29 is 4.79 Å². The first-order valence-corrected chi connectivity index (χ1v) is 8.91. The number of anilines is 1. The summed E-state index contributed by atoms with van der Waals surface area (Å²) in [6.07, 6.45) is 1.88. The second-order valence-corrected chi connectivity index (χ2v) is 6.87. The van der Waals surface area contributed by atoms with E-state index in [1.54, 1.807) is 0 Å². The molecule has 0 bridgehead atoms. The fourth-order valence-corrected chi connectivity index (χ4v) is 3.44. The third-order valence-corrected chi connectivity index (χ3v) is 4.81. The highest BCUT2D eigenvalue weighted by Crippen LogP contribution is 2.29. The van der Waals surface area contributed by atoms with Gasteiger partial charge < -0.3 is 10.2 Å². The monoisotopic (exact) mass is 396 g/mol. The Morgan fingerprint density at radius 2 is 1.92 bits per heavy atom.